The summed E-state index contributed by atoms with van der Waals surface area (Å²) >= 11 is 5.16. The van der Waals surface area contributed by atoms with Gasteiger partial charge in [-0.05, 0) is 12.2 Å². The molecule has 0 bridgehead atoms. The highest BCUT2D eigenvalue weighted by Crippen LogP contribution is 2.04. The first-order valence-electron chi connectivity index (χ1n) is 2.94. The Balaban J connectivity index is 2.92. The molecule has 0 aliphatic rings. The van der Waals surface area contributed by atoms with Crippen LogP contribution < -0.4 is 0 Å². The van der Waals surface area contributed by atoms with Crippen molar-refractivity contribution in [1.82, 2.24) is 0 Å². The summed E-state index contributed by atoms with van der Waals surface area (Å²) in [7, 11) is 0. The molecule has 0 aliphatic carbocycles. The van der Waals surface area contributed by atoms with E-state index in [0.717, 1.165) is 12.2 Å². The number of hydrogen-bond donors (Lipinski definition) is 1. The zero-order valence-electron chi connectivity index (χ0n) is 5.54. The maximum absolute atomic E-state index is 10.3. The van der Waals surface area contributed by atoms with Gasteiger partial charge in [0.2, 0.25) is 0 Å². The van der Waals surface area contributed by atoms with Gasteiger partial charge in [0.15, 0.2) is 5.12 Å². The summed E-state index contributed by atoms with van der Waals surface area (Å²) in [4.78, 5) is 10.3. The summed E-state index contributed by atoms with van der Waals surface area (Å²) in [6, 6.07) is 2.01. The largest absolute Gasteiger partial charge is 0.288 e. The Kier molecular flexibility index (Phi) is 6.88. The molecule has 0 unspecified atom stereocenters. The molecule has 0 rings (SSSR count). The van der Waals surface area contributed by atoms with Crippen molar-refractivity contribution in [2.75, 3.05) is 11.5 Å². The fourth-order valence-corrected chi connectivity index (χ4v) is 1.19. The average molecular weight is 175 g/mol. The lowest BCUT2D eigenvalue weighted by Gasteiger charge is -1.92. The fraction of sp³-hybridized carbons (Fsp3) is 0.667. The summed E-state index contributed by atoms with van der Waals surface area (Å²) in [6.07, 6.45) is 1.34. The molecule has 0 saturated heterocycles. The maximum atomic E-state index is 10.3. The minimum atomic E-state index is -0.0717. The Morgan fingerprint density at radius 2 is 2.40 bits per heavy atom. The van der Waals surface area contributed by atoms with Gasteiger partial charge in [0.1, 0.15) is 0 Å². The number of carbonyl (C=O) groups is 1. The molecule has 0 aromatic carbocycles. The highest BCUT2D eigenvalue weighted by atomic mass is 32.2. The third-order valence-electron chi connectivity index (χ3n) is 0.846. The van der Waals surface area contributed by atoms with Crippen LogP contribution in [0, 0.1) is 11.3 Å². The number of thiol groups is 1. The number of hydrogen-bond acceptors (Lipinski definition) is 3. The lowest BCUT2D eigenvalue weighted by Crippen LogP contribution is -1.88. The minimum Gasteiger partial charge on any atom is -0.288 e. The predicted molar refractivity (Wildman–Crippen MR) is 46.2 cm³/mol. The molecule has 0 saturated carbocycles. The first-order valence-corrected chi connectivity index (χ1v) is 4.54. The number of rotatable bonds is 5. The quantitative estimate of drug-likeness (QED) is 0.508. The van der Waals surface area contributed by atoms with Crippen molar-refractivity contribution in [3.63, 3.8) is 0 Å². The van der Waals surface area contributed by atoms with Crippen LogP contribution in [0.4, 0.5) is 0 Å². The second-order valence-corrected chi connectivity index (χ2v) is 3.31. The van der Waals surface area contributed by atoms with Gasteiger partial charge >= 0.3 is 0 Å². The van der Waals surface area contributed by atoms with E-state index in [1.54, 1.807) is 11.8 Å². The second kappa shape index (κ2) is 6.97. The lowest BCUT2D eigenvalue weighted by atomic mass is 10.4. The molecule has 0 aromatic heterocycles. The first kappa shape index (κ1) is 9.86. The van der Waals surface area contributed by atoms with Gasteiger partial charge in [0.05, 0.1) is 11.8 Å². The van der Waals surface area contributed by atoms with Crippen LogP contribution in [0.5, 0.6) is 0 Å². The molecule has 56 valence electrons. The van der Waals surface area contributed by atoms with E-state index in [2.05, 4.69) is 12.6 Å². The normalized spacial score (nSPS) is 8.80. The average Bonchev–Trinajstić information content (AvgIpc) is 1.87. The van der Waals surface area contributed by atoms with Crippen molar-refractivity contribution in [2.45, 2.75) is 12.8 Å². The van der Waals surface area contributed by atoms with E-state index < -0.39 is 0 Å². The van der Waals surface area contributed by atoms with Gasteiger partial charge in [0.25, 0.3) is 0 Å². The van der Waals surface area contributed by atoms with Gasteiger partial charge in [-0.25, -0.2) is 0 Å². The number of thioether (sulfide) groups is 1. The maximum Gasteiger partial charge on any atom is 0.185 e. The van der Waals surface area contributed by atoms with Crippen molar-refractivity contribution in [3.05, 3.63) is 0 Å². The Hall–Kier alpha value is -0.140. The monoisotopic (exact) mass is 175 g/mol. The Morgan fingerprint density at radius 1 is 1.70 bits per heavy atom. The van der Waals surface area contributed by atoms with Gasteiger partial charge < -0.3 is 0 Å². The van der Waals surface area contributed by atoms with Crippen LogP contribution in [-0.2, 0) is 4.79 Å². The van der Waals surface area contributed by atoms with Gasteiger partial charge in [-0.15, -0.1) is 24.4 Å². The van der Waals surface area contributed by atoms with E-state index in [1.807, 2.05) is 6.07 Å². The van der Waals surface area contributed by atoms with Crippen LogP contribution in [0.25, 0.3) is 0 Å². The molecule has 0 N–H and O–H groups in total. The Labute approximate surface area is 70.4 Å². The lowest BCUT2D eigenvalue weighted by molar-refractivity contribution is -0.110. The molecule has 10 heavy (non-hydrogen) atoms. The zero-order chi connectivity index (χ0) is 7.82. The summed E-state index contributed by atoms with van der Waals surface area (Å²) in [5.41, 5.74) is 0. The van der Waals surface area contributed by atoms with Crippen molar-refractivity contribution in [2.24, 2.45) is 0 Å². The second-order valence-electron chi connectivity index (χ2n) is 1.71. The molecule has 0 aromatic rings. The van der Waals surface area contributed by atoms with Crippen molar-refractivity contribution in [3.8, 4) is 6.07 Å². The molecule has 0 aliphatic heterocycles. The van der Waals surface area contributed by atoms with Crippen LogP contribution >= 0.6 is 24.4 Å². The molecule has 2 nitrogen and oxygen atoms in total. The predicted octanol–water partition coefficient (Wildman–Crippen LogP) is 1.48. The molecule has 0 amide bonds. The van der Waals surface area contributed by atoms with Gasteiger partial charge in [0, 0.05) is 6.42 Å². The first-order chi connectivity index (χ1) is 4.77. The fourth-order valence-electron chi connectivity index (χ4n) is 0.443. The van der Waals surface area contributed by atoms with E-state index in [1.165, 1.54) is 0 Å². The zero-order valence-corrected chi connectivity index (χ0v) is 7.25. The van der Waals surface area contributed by atoms with Crippen molar-refractivity contribution in [1.29, 1.82) is 5.26 Å². The topological polar surface area (TPSA) is 40.9 Å². The van der Waals surface area contributed by atoms with E-state index in [9.17, 15) is 4.79 Å². The summed E-state index contributed by atoms with van der Waals surface area (Å²) < 4.78 is 0. The van der Waals surface area contributed by atoms with Crippen molar-refractivity contribution < 1.29 is 4.79 Å². The molecule has 0 radical (unpaired) electrons. The number of nitriles is 1. The van der Waals surface area contributed by atoms with Crippen LogP contribution in [0.15, 0.2) is 0 Å². The van der Waals surface area contributed by atoms with E-state index >= 15 is 0 Å². The third-order valence-corrected chi connectivity index (χ3v) is 1.98. The standard InChI is InChI=1S/C6H9NOS2/c7-3-5-10-4-1-2-6(8)9/h1-2,4-5H2,(H,8,9). The molecule has 0 atom stereocenters. The van der Waals surface area contributed by atoms with E-state index in [4.69, 9.17) is 5.26 Å². The highest BCUT2D eigenvalue weighted by Gasteiger charge is 1.93. The van der Waals surface area contributed by atoms with Crippen LogP contribution in [0.2, 0.25) is 0 Å². The number of carbonyl (C=O) groups excluding carboxylic acids is 1. The van der Waals surface area contributed by atoms with E-state index in [-0.39, 0.29) is 5.12 Å². The number of nitrogens with zero attached hydrogens (tertiary/aromatic N) is 1. The van der Waals surface area contributed by atoms with Crippen molar-refractivity contribution >= 4 is 29.5 Å². The summed E-state index contributed by atoms with van der Waals surface area (Å²) in [5.74, 6) is 1.39. The van der Waals surface area contributed by atoms with E-state index in [0.29, 0.717) is 12.2 Å². The summed E-state index contributed by atoms with van der Waals surface area (Å²) in [5, 5.41) is 8.05. The van der Waals surface area contributed by atoms with Gasteiger partial charge in [-0.1, -0.05) is 0 Å². The van der Waals surface area contributed by atoms with Gasteiger partial charge in [-0.3, -0.25) is 4.79 Å². The van der Waals surface area contributed by atoms with Gasteiger partial charge in [-0.2, -0.15) is 5.26 Å². The Morgan fingerprint density at radius 3 is 2.90 bits per heavy atom. The van der Waals surface area contributed by atoms with Crippen LogP contribution in [-0.4, -0.2) is 16.6 Å². The van der Waals surface area contributed by atoms with Crippen LogP contribution in [0.3, 0.4) is 0 Å². The molecule has 0 fully saturated rings. The Bertz CT molecular complexity index is 141. The molecular weight excluding hydrogens is 166 g/mol. The SMILES string of the molecule is N#CCSCCCC(=O)S. The minimum absolute atomic E-state index is 0.0717. The molecule has 0 heterocycles. The molecule has 4 heteroatoms. The smallest absolute Gasteiger partial charge is 0.185 e. The molecule has 0 spiro atoms. The van der Waals surface area contributed by atoms with Crippen LogP contribution in [0.1, 0.15) is 12.8 Å². The third kappa shape index (κ3) is 7.86. The molecular formula is C6H9NOS2. The highest BCUT2D eigenvalue weighted by molar-refractivity contribution is 7.99. The summed E-state index contributed by atoms with van der Waals surface area (Å²) in [6.45, 7) is 0.